The summed E-state index contributed by atoms with van der Waals surface area (Å²) in [7, 11) is 1.85. The van der Waals surface area contributed by atoms with Crippen molar-refractivity contribution in [1.82, 2.24) is 9.38 Å². The summed E-state index contributed by atoms with van der Waals surface area (Å²) in [6.45, 7) is 13.5. The zero-order chi connectivity index (χ0) is 22.8. The number of hydrogen-bond donors (Lipinski definition) is 2. The first-order valence-electron chi connectivity index (χ1n) is 10.0. The molecule has 0 aliphatic carbocycles. The minimum absolute atomic E-state index is 0.0142. The van der Waals surface area contributed by atoms with Crippen molar-refractivity contribution in [2.24, 2.45) is 0 Å². The monoisotopic (exact) mass is 400 g/mol. The Hall–Kier alpha value is -3.15. The van der Waals surface area contributed by atoms with Crippen molar-refractivity contribution in [3.05, 3.63) is 60.0 Å². The molecule has 0 amide bonds. The number of nitrogens with one attached hydrogen (secondary N) is 1. The van der Waals surface area contributed by atoms with Crippen LogP contribution < -0.4 is 11.1 Å². The molecule has 6 nitrogen and oxygen atoms in total. The second-order valence-electron chi connectivity index (χ2n) is 4.90. The van der Waals surface area contributed by atoms with Crippen LogP contribution in [0.15, 0.2) is 48.8 Å². The molecule has 3 N–H and O–H groups in total. The van der Waals surface area contributed by atoms with E-state index in [9.17, 15) is 9.59 Å². The number of nitrogen functional groups attached to an aromatic ring is 1. The number of benzene rings is 1. The van der Waals surface area contributed by atoms with Gasteiger partial charge in [0.25, 0.3) is 0 Å². The Morgan fingerprint density at radius 1 is 0.966 bits per heavy atom. The maximum atomic E-state index is 11.1. The number of anilines is 2. The van der Waals surface area contributed by atoms with Gasteiger partial charge in [-0.3, -0.25) is 9.59 Å². The standard InChI is InChI=1S/C10H11N3O.C7H7NO.3C2H6/c1-7(14)9-6-13-5-8(11-2)3-4-10(13)12-9;8-7-3-1-6(5-9)2-4-7;3*1-2/h3-6,11H,1-2H3;1-5H,8H2;3*1-2H3. The van der Waals surface area contributed by atoms with E-state index in [4.69, 9.17) is 5.73 Å². The minimum Gasteiger partial charge on any atom is -0.399 e. The number of pyridine rings is 1. The molecule has 0 atom stereocenters. The predicted molar refractivity (Wildman–Crippen MR) is 125 cm³/mol. The van der Waals surface area contributed by atoms with Crippen molar-refractivity contribution in [1.29, 1.82) is 0 Å². The third-order valence-corrected chi connectivity index (χ3v) is 3.17. The number of nitrogens with two attached hydrogens (primary N) is 1. The third kappa shape index (κ3) is 10.1. The van der Waals surface area contributed by atoms with Crippen LogP contribution in [-0.2, 0) is 0 Å². The number of imidazole rings is 1. The fourth-order valence-electron chi connectivity index (χ4n) is 1.88. The first-order chi connectivity index (χ1) is 14.0. The summed E-state index contributed by atoms with van der Waals surface area (Å²) < 4.78 is 1.84. The fourth-order valence-corrected chi connectivity index (χ4v) is 1.88. The number of nitrogens with zero attached hydrogens (tertiary/aromatic N) is 2. The van der Waals surface area contributed by atoms with Gasteiger partial charge < -0.3 is 15.5 Å². The van der Waals surface area contributed by atoms with E-state index in [0.29, 0.717) is 16.9 Å². The molecule has 1 aromatic carbocycles. The Kier molecular flexibility index (Phi) is 16.4. The first kappa shape index (κ1) is 28.1. The molecule has 2 aromatic heterocycles. The molecule has 0 spiro atoms. The molecular formula is C23H36N4O2. The molecule has 0 radical (unpaired) electrons. The highest BCUT2D eigenvalue weighted by Gasteiger charge is 2.05. The highest BCUT2D eigenvalue weighted by molar-refractivity contribution is 5.92. The van der Waals surface area contributed by atoms with Gasteiger partial charge >= 0.3 is 0 Å². The van der Waals surface area contributed by atoms with Crippen molar-refractivity contribution in [3.63, 3.8) is 0 Å². The molecule has 3 rings (SSSR count). The van der Waals surface area contributed by atoms with Gasteiger partial charge in [-0.15, -0.1) is 0 Å². The molecule has 0 saturated heterocycles. The van der Waals surface area contributed by atoms with Crippen LogP contribution in [0.3, 0.4) is 0 Å². The number of aromatic nitrogens is 2. The summed E-state index contributed by atoms with van der Waals surface area (Å²) in [6, 6.07) is 10.6. The topological polar surface area (TPSA) is 89.5 Å². The molecule has 6 heteroatoms. The lowest BCUT2D eigenvalue weighted by Gasteiger charge is -1.99. The van der Waals surface area contributed by atoms with Crippen LogP contribution in [0.5, 0.6) is 0 Å². The second kappa shape index (κ2) is 17.0. The average Bonchev–Trinajstić information content (AvgIpc) is 3.23. The lowest BCUT2D eigenvalue weighted by molar-refractivity contribution is 0.101. The number of aldehydes is 1. The Morgan fingerprint density at radius 2 is 1.52 bits per heavy atom. The smallest absolute Gasteiger partial charge is 0.179 e. The van der Waals surface area contributed by atoms with E-state index in [-0.39, 0.29) is 5.78 Å². The van der Waals surface area contributed by atoms with Gasteiger partial charge in [-0.2, -0.15) is 0 Å². The Morgan fingerprint density at radius 3 is 1.97 bits per heavy atom. The molecular weight excluding hydrogens is 364 g/mol. The van der Waals surface area contributed by atoms with Gasteiger partial charge in [0.05, 0.1) is 5.69 Å². The van der Waals surface area contributed by atoms with E-state index >= 15 is 0 Å². The Labute approximate surface area is 175 Å². The van der Waals surface area contributed by atoms with Gasteiger partial charge in [0.15, 0.2) is 5.78 Å². The quantitative estimate of drug-likeness (QED) is 0.332. The van der Waals surface area contributed by atoms with Crippen LogP contribution >= 0.6 is 0 Å². The van der Waals surface area contributed by atoms with Crippen LogP contribution in [0.1, 0.15) is 69.3 Å². The molecule has 0 aliphatic heterocycles. The molecule has 3 aromatic rings. The molecule has 2 heterocycles. The van der Waals surface area contributed by atoms with Gasteiger partial charge in [0, 0.05) is 37.6 Å². The van der Waals surface area contributed by atoms with Gasteiger partial charge in [0.2, 0.25) is 0 Å². The van der Waals surface area contributed by atoms with Crippen LogP contribution in [0.25, 0.3) is 5.65 Å². The number of Topliss-reactive ketones (excluding diaryl/α,β-unsaturated/α-hetero) is 1. The maximum absolute atomic E-state index is 11.1. The number of carbonyl (C=O) groups is 2. The van der Waals surface area contributed by atoms with E-state index in [1.807, 2.05) is 71.3 Å². The van der Waals surface area contributed by atoms with E-state index in [2.05, 4.69) is 10.3 Å². The number of carbonyl (C=O) groups excluding carboxylic acids is 2. The summed E-state index contributed by atoms with van der Waals surface area (Å²) in [5.41, 5.74) is 8.98. The van der Waals surface area contributed by atoms with Crippen LogP contribution in [0, 0.1) is 0 Å². The minimum atomic E-state index is -0.0142. The predicted octanol–water partition coefficient (Wildman–Crippen LogP) is 5.74. The van der Waals surface area contributed by atoms with Gasteiger partial charge in [0.1, 0.15) is 17.6 Å². The van der Waals surface area contributed by atoms with Crippen LogP contribution in [0.2, 0.25) is 0 Å². The lowest BCUT2D eigenvalue weighted by atomic mass is 10.2. The Balaban J connectivity index is 0. The summed E-state index contributed by atoms with van der Waals surface area (Å²) >= 11 is 0. The van der Waals surface area contributed by atoms with E-state index in [1.54, 1.807) is 30.5 Å². The maximum Gasteiger partial charge on any atom is 0.179 e. The highest BCUT2D eigenvalue weighted by atomic mass is 16.1. The third-order valence-electron chi connectivity index (χ3n) is 3.17. The SMILES string of the molecule is CC.CC.CC.CNc1ccc2nc(C(C)=O)cn2c1.Nc1ccc(C=O)cc1. The molecule has 0 bridgehead atoms. The molecule has 0 aliphatic rings. The number of ketones is 1. The zero-order valence-corrected chi connectivity index (χ0v) is 19.0. The molecule has 0 fully saturated rings. The van der Waals surface area contributed by atoms with Crippen molar-refractivity contribution in [3.8, 4) is 0 Å². The van der Waals surface area contributed by atoms with Crippen LogP contribution in [0.4, 0.5) is 11.4 Å². The van der Waals surface area contributed by atoms with Gasteiger partial charge in [-0.1, -0.05) is 41.5 Å². The summed E-state index contributed by atoms with van der Waals surface area (Å²) in [4.78, 5) is 25.3. The van der Waals surface area contributed by atoms with Crippen molar-refractivity contribution in [2.75, 3.05) is 18.1 Å². The van der Waals surface area contributed by atoms with Gasteiger partial charge in [-0.05, 0) is 36.4 Å². The van der Waals surface area contributed by atoms with Crippen molar-refractivity contribution >= 4 is 29.1 Å². The van der Waals surface area contributed by atoms with E-state index < -0.39 is 0 Å². The molecule has 0 saturated carbocycles. The first-order valence-corrected chi connectivity index (χ1v) is 10.0. The number of fused-ring (bicyclic) bond motifs is 1. The van der Waals surface area contributed by atoms with E-state index in [1.165, 1.54) is 6.92 Å². The number of rotatable bonds is 3. The molecule has 0 unspecified atom stereocenters. The second-order valence-corrected chi connectivity index (χ2v) is 4.90. The van der Waals surface area contributed by atoms with Crippen LogP contribution in [-0.4, -0.2) is 28.5 Å². The fraction of sp³-hybridized carbons (Fsp3) is 0.348. The largest absolute Gasteiger partial charge is 0.399 e. The van der Waals surface area contributed by atoms with E-state index in [0.717, 1.165) is 17.6 Å². The van der Waals surface area contributed by atoms with Crippen molar-refractivity contribution in [2.45, 2.75) is 48.5 Å². The molecule has 160 valence electrons. The Bertz CT molecular complexity index is 825. The summed E-state index contributed by atoms with van der Waals surface area (Å²) in [5.74, 6) is -0.0142. The number of hydrogen-bond acceptors (Lipinski definition) is 5. The van der Waals surface area contributed by atoms with Crippen molar-refractivity contribution < 1.29 is 9.59 Å². The highest BCUT2D eigenvalue weighted by Crippen LogP contribution is 2.11. The average molecular weight is 401 g/mol. The normalized spacial score (nSPS) is 8.41. The van der Waals surface area contributed by atoms with Gasteiger partial charge in [-0.25, -0.2) is 4.98 Å². The summed E-state index contributed by atoms with van der Waals surface area (Å²) in [5, 5.41) is 3.02. The zero-order valence-electron chi connectivity index (χ0n) is 19.0. The summed E-state index contributed by atoms with van der Waals surface area (Å²) in [6.07, 6.45) is 4.42. The lowest BCUT2D eigenvalue weighted by Crippen LogP contribution is -1.90. The molecule has 29 heavy (non-hydrogen) atoms.